The molecule has 0 bridgehead atoms. The van der Waals surface area contributed by atoms with Crippen molar-refractivity contribution in [1.29, 1.82) is 5.26 Å². The minimum Gasteiger partial charge on any atom is -0.549 e. The quantitative estimate of drug-likeness (QED) is 0.121. The van der Waals surface area contributed by atoms with Gasteiger partial charge in [0, 0.05) is 0 Å². The highest BCUT2D eigenvalue weighted by molar-refractivity contribution is 6.74. The second-order valence-electron chi connectivity index (χ2n) is 10.8. The lowest BCUT2D eigenvalue weighted by molar-refractivity contribution is -0.154. The standard InChI is InChI=1S/C23H43NO4Si2/c1-12-13-17-26-20(25)23(19-24,28-30(10,11)22(5,6)7)16-14-15-18-27-29(8,9)21(2,3)4/h14-16,18H,12-13,17H2,1-11H3/b16-14+,18-15+. The molecule has 0 aliphatic rings. The number of carbonyl (C=O) groups excluding carboxylic acids is 1. The molecular formula is C23H43NO4Si2. The molecular weight excluding hydrogens is 410 g/mol. The Morgan fingerprint density at radius 2 is 1.50 bits per heavy atom. The van der Waals surface area contributed by atoms with Gasteiger partial charge >= 0.3 is 5.97 Å². The first-order chi connectivity index (χ1) is 13.5. The van der Waals surface area contributed by atoms with Crippen LogP contribution in [0.1, 0.15) is 61.3 Å². The Labute approximate surface area is 186 Å². The maximum absolute atomic E-state index is 12.9. The Morgan fingerprint density at radius 3 is 1.93 bits per heavy atom. The fourth-order valence-electron chi connectivity index (χ4n) is 1.84. The fraction of sp³-hybridized carbons (Fsp3) is 0.739. The Bertz CT molecular complexity index is 664. The second kappa shape index (κ2) is 10.8. The van der Waals surface area contributed by atoms with E-state index in [0.717, 1.165) is 12.8 Å². The zero-order chi connectivity index (χ0) is 23.9. The molecule has 0 aliphatic heterocycles. The van der Waals surface area contributed by atoms with Gasteiger partial charge in [0.15, 0.2) is 8.32 Å². The lowest BCUT2D eigenvalue weighted by Crippen LogP contribution is -2.52. The van der Waals surface area contributed by atoms with E-state index in [1.54, 1.807) is 18.4 Å². The van der Waals surface area contributed by atoms with Crippen LogP contribution in [0.15, 0.2) is 24.5 Å². The topological polar surface area (TPSA) is 68.6 Å². The molecule has 1 atom stereocenters. The van der Waals surface area contributed by atoms with Gasteiger partial charge in [-0.1, -0.05) is 61.0 Å². The third-order valence-electron chi connectivity index (χ3n) is 6.11. The van der Waals surface area contributed by atoms with Crippen molar-refractivity contribution in [2.75, 3.05) is 6.61 Å². The summed E-state index contributed by atoms with van der Waals surface area (Å²) in [5, 5.41) is 9.90. The van der Waals surface area contributed by atoms with Crippen molar-refractivity contribution in [2.45, 2.75) is 103 Å². The van der Waals surface area contributed by atoms with Crippen LogP contribution in [0.5, 0.6) is 0 Å². The van der Waals surface area contributed by atoms with Crippen LogP contribution in [0.2, 0.25) is 36.3 Å². The molecule has 0 amide bonds. The molecule has 0 heterocycles. The monoisotopic (exact) mass is 453 g/mol. The molecule has 0 spiro atoms. The number of carbonyl (C=O) groups is 1. The summed E-state index contributed by atoms with van der Waals surface area (Å²) in [5.74, 6) is -0.654. The summed E-state index contributed by atoms with van der Waals surface area (Å²) in [6.07, 6.45) is 8.14. The molecule has 0 fully saturated rings. The average molecular weight is 454 g/mol. The van der Waals surface area contributed by atoms with E-state index in [0.29, 0.717) is 0 Å². The van der Waals surface area contributed by atoms with Gasteiger partial charge in [-0.15, -0.1) is 0 Å². The van der Waals surface area contributed by atoms with E-state index in [1.807, 2.05) is 20.0 Å². The van der Waals surface area contributed by atoms with Gasteiger partial charge in [-0.3, -0.25) is 0 Å². The number of rotatable bonds is 10. The molecule has 0 N–H and O–H groups in total. The van der Waals surface area contributed by atoms with Gasteiger partial charge < -0.3 is 13.6 Å². The average Bonchev–Trinajstić information content (AvgIpc) is 2.58. The summed E-state index contributed by atoms with van der Waals surface area (Å²) in [4.78, 5) is 12.9. The molecule has 7 heteroatoms. The predicted octanol–water partition coefficient (Wildman–Crippen LogP) is 6.71. The lowest BCUT2D eigenvalue weighted by Gasteiger charge is -2.40. The summed E-state index contributed by atoms with van der Waals surface area (Å²) in [6.45, 7) is 23.4. The number of nitrogens with zero attached hydrogens (tertiary/aromatic N) is 1. The molecule has 0 aliphatic carbocycles. The Hall–Kier alpha value is -1.37. The molecule has 0 saturated heterocycles. The summed E-state index contributed by atoms with van der Waals surface area (Å²) in [5.41, 5.74) is -1.77. The van der Waals surface area contributed by atoms with Gasteiger partial charge in [0.1, 0.15) is 6.07 Å². The van der Waals surface area contributed by atoms with Crippen LogP contribution >= 0.6 is 0 Å². The van der Waals surface area contributed by atoms with Crippen LogP contribution in [0.3, 0.4) is 0 Å². The van der Waals surface area contributed by atoms with Crippen molar-refractivity contribution in [3.63, 3.8) is 0 Å². The highest BCUT2D eigenvalue weighted by Crippen LogP contribution is 2.40. The Morgan fingerprint density at radius 1 is 0.967 bits per heavy atom. The van der Waals surface area contributed by atoms with E-state index in [4.69, 9.17) is 13.6 Å². The van der Waals surface area contributed by atoms with Gasteiger partial charge in [-0.05, 0) is 54.8 Å². The summed E-state index contributed by atoms with van der Waals surface area (Å²) in [6, 6.07) is 2.09. The van der Waals surface area contributed by atoms with Crippen LogP contribution in [0, 0.1) is 11.3 Å². The molecule has 0 saturated carbocycles. The number of allylic oxidation sites excluding steroid dienone is 2. The minimum atomic E-state index is -2.42. The number of ether oxygens (including phenoxy) is 1. The number of unbranched alkanes of at least 4 members (excludes halogenated alkanes) is 1. The smallest absolute Gasteiger partial charge is 0.356 e. The van der Waals surface area contributed by atoms with E-state index in [9.17, 15) is 10.1 Å². The zero-order valence-corrected chi connectivity index (χ0v) is 23.0. The maximum atomic E-state index is 12.9. The SMILES string of the molecule is CCCCOC(=O)C(C#N)(/C=C/C=C/O[Si](C)(C)C(C)(C)C)O[Si](C)(C)C(C)(C)C. The second-order valence-corrected chi connectivity index (χ2v) is 20.2. The largest absolute Gasteiger partial charge is 0.549 e. The Balaban J connectivity index is 5.73. The van der Waals surface area contributed by atoms with Gasteiger partial charge in [0.2, 0.25) is 8.32 Å². The first kappa shape index (κ1) is 28.6. The first-order valence-corrected chi connectivity index (χ1v) is 16.6. The van der Waals surface area contributed by atoms with Crippen molar-refractivity contribution >= 4 is 22.6 Å². The maximum Gasteiger partial charge on any atom is 0.356 e. The molecule has 1 unspecified atom stereocenters. The van der Waals surface area contributed by atoms with Crippen LogP contribution in [0.25, 0.3) is 0 Å². The van der Waals surface area contributed by atoms with E-state index < -0.39 is 28.2 Å². The molecule has 0 rings (SSSR count). The van der Waals surface area contributed by atoms with E-state index in [1.165, 1.54) is 6.08 Å². The minimum absolute atomic E-state index is 0.0893. The number of esters is 1. The summed E-state index contributed by atoms with van der Waals surface area (Å²) in [7, 11) is -4.34. The molecule has 0 aromatic carbocycles. The van der Waals surface area contributed by atoms with E-state index in [-0.39, 0.29) is 16.7 Å². The molecule has 0 radical (unpaired) electrons. The van der Waals surface area contributed by atoms with Crippen LogP contribution in [0.4, 0.5) is 0 Å². The van der Waals surface area contributed by atoms with Crippen molar-refractivity contribution in [3.8, 4) is 6.07 Å². The molecule has 0 aromatic heterocycles. The van der Waals surface area contributed by atoms with Crippen molar-refractivity contribution in [3.05, 3.63) is 24.5 Å². The fourth-order valence-corrected chi connectivity index (χ4v) is 3.92. The van der Waals surface area contributed by atoms with Crippen LogP contribution in [-0.2, 0) is 18.4 Å². The van der Waals surface area contributed by atoms with Crippen molar-refractivity contribution in [1.82, 2.24) is 0 Å². The third kappa shape index (κ3) is 8.05. The number of nitriles is 1. The van der Waals surface area contributed by atoms with Crippen molar-refractivity contribution in [2.24, 2.45) is 0 Å². The van der Waals surface area contributed by atoms with Crippen LogP contribution in [-0.4, -0.2) is 34.8 Å². The lowest BCUT2D eigenvalue weighted by atomic mass is 10.1. The first-order valence-electron chi connectivity index (χ1n) is 10.8. The van der Waals surface area contributed by atoms with Gasteiger partial charge in [-0.25, -0.2) is 4.79 Å². The Kier molecular flexibility index (Phi) is 10.3. The molecule has 172 valence electrons. The van der Waals surface area contributed by atoms with Gasteiger partial charge in [0.25, 0.3) is 5.60 Å². The highest BCUT2D eigenvalue weighted by atomic mass is 28.4. The summed E-state index contributed by atoms with van der Waals surface area (Å²) >= 11 is 0. The number of hydrogen-bond donors (Lipinski definition) is 0. The van der Waals surface area contributed by atoms with E-state index >= 15 is 0 Å². The van der Waals surface area contributed by atoms with E-state index in [2.05, 4.69) is 60.7 Å². The normalized spacial score (nSPS) is 15.8. The summed E-state index contributed by atoms with van der Waals surface area (Å²) < 4.78 is 17.7. The number of hydrogen-bond acceptors (Lipinski definition) is 5. The van der Waals surface area contributed by atoms with Gasteiger partial charge in [0.05, 0.1) is 12.9 Å². The highest BCUT2D eigenvalue weighted by Gasteiger charge is 2.49. The zero-order valence-electron chi connectivity index (χ0n) is 21.0. The van der Waals surface area contributed by atoms with Gasteiger partial charge in [-0.2, -0.15) is 5.26 Å². The molecule has 5 nitrogen and oxygen atoms in total. The molecule has 30 heavy (non-hydrogen) atoms. The third-order valence-corrected chi connectivity index (χ3v) is 14.9. The molecule has 0 aromatic rings. The van der Waals surface area contributed by atoms with Crippen molar-refractivity contribution < 1.29 is 18.4 Å². The predicted molar refractivity (Wildman–Crippen MR) is 129 cm³/mol. The van der Waals surface area contributed by atoms with Crippen LogP contribution < -0.4 is 0 Å².